The van der Waals surface area contributed by atoms with E-state index >= 15 is 0 Å². The second-order valence-electron chi connectivity index (χ2n) is 8.14. The average Bonchev–Trinajstić information content (AvgIpc) is 2.82. The summed E-state index contributed by atoms with van der Waals surface area (Å²) in [5.74, 6) is -3.10. The van der Waals surface area contributed by atoms with Crippen molar-refractivity contribution in [2.24, 2.45) is 5.16 Å². The molecular formula is C23H28KNO13S2. The minimum atomic E-state index is -5.21. The predicted octanol–water partition coefficient (Wildman–Crippen LogP) is -1.77. The van der Waals surface area contributed by atoms with Crippen molar-refractivity contribution in [3.8, 4) is 0 Å². The summed E-state index contributed by atoms with van der Waals surface area (Å²) in [5, 5.41) is 3.39. The van der Waals surface area contributed by atoms with Crippen molar-refractivity contribution in [1.82, 2.24) is 0 Å². The third-order valence-corrected chi connectivity index (χ3v) is 6.32. The van der Waals surface area contributed by atoms with Crippen LogP contribution in [0.15, 0.2) is 35.5 Å². The Morgan fingerprint density at radius 1 is 0.900 bits per heavy atom. The smallest absolute Gasteiger partial charge is 0.714 e. The topological polar surface area (TPSA) is 193 Å². The molecule has 0 unspecified atom stereocenters. The summed E-state index contributed by atoms with van der Waals surface area (Å²) < 4.78 is 64.4. The molecule has 0 aromatic heterocycles. The van der Waals surface area contributed by atoms with Crippen molar-refractivity contribution in [1.29, 1.82) is 0 Å². The van der Waals surface area contributed by atoms with Crippen LogP contribution in [0.25, 0.3) is 0 Å². The van der Waals surface area contributed by atoms with Gasteiger partial charge in [0.25, 0.3) is 10.4 Å². The third-order valence-electron chi connectivity index (χ3n) is 4.90. The Morgan fingerprint density at radius 2 is 1.45 bits per heavy atom. The number of rotatable bonds is 11. The van der Waals surface area contributed by atoms with Crippen LogP contribution in [0.1, 0.15) is 39.7 Å². The van der Waals surface area contributed by atoms with E-state index in [9.17, 15) is 32.1 Å². The first kappa shape index (κ1) is 36.5. The molecule has 0 radical (unpaired) electrons. The molecule has 1 aromatic rings. The van der Waals surface area contributed by atoms with E-state index in [-0.39, 0.29) is 62.8 Å². The fraction of sp³-hybridized carbons (Fsp3) is 0.522. The van der Waals surface area contributed by atoms with E-state index < -0.39 is 70.7 Å². The Balaban J connectivity index is 0.00000800. The summed E-state index contributed by atoms with van der Waals surface area (Å²) in [6, 6.07) is 9.00. The molecule has 0 spiro atoms. The summed E-state index contributed by atoms with van der Waals surface area (Å²) in [4.78, 5) is 47.3. The van der Waals surface area contributed by atoms with E-state index in [4.69, 9.17) is 23.7 Å². The van der Waals surface area contributed by atoms with Gasteiger partial charge in [0.1, 0.15) is 23.2 Å². The van der Waals surface area contributed by atoms with Crippen LogP contribution in [-0.4, -0.2) is 78.4 Å². The minimum absolute atomic E-state index is 0. The van der Waals surface area contributed by atoms with Gasteiger partial charge in [-0.2, -0.15) is 8.42 Å². The summed E-state index contributed by atoms with van der Waals surface area (Å²) in [7, 11) is -5.21. The van der Waals surface area contributed by atoms with Crippen molar-refractivity contribution in [3.63, 3.8) is 0 Å². The number of ether oxygens (including phenoxy) is 5. The molecular weight excluding hydrogens is 601 g/mol. The zero-order valence-electron chi connectivity index (χ0n) is 22.5. The van der Waals surface area contributed by atoms with Crippen LogP contribution in [0, 0.1) is 0 Å². The summed E-state index contributed by atoms with van der Waals surface area (Å²) >= 11 is 0.715. The van der Waals surface area contributed by atoms with Gasteiger partial charge < -0.3 is 28.2 Å². The zero-order valence-corrected chi connectivity index (χ0v) is 27.2. The Hall–Kier alpha value is -1.57. The van der Waals surface area contributed by atoms with Crippen molar-refractivity contribution >= 4 is 51.1 Å². The number of thioether (sulfide) groups is 1. The van der Waals surface area contributed by atoms with Gasteiger partial charge in [0, 0.05) is 34.1 Å². The van der Waals surface area contributed by atoms with Crippen molar-refractivity contribution in [2.45, 2.75) is 70.4 Å². The first-order valence-corrected chi connectivity index (χ1v) is 13.7. The molecule has 0 N–H and O–H groups in total. The molecule has 0 bridgehead atoms. The summed E-state index contributed by atoms with van der Waals surface area (Å²) in [6.07, 6.45) is -5.04. The standard InChI is InChI=1S/C23H29NO13S2.K/c1-13(25)32-12-18-20(33-14(2)26)21(34-15(3)27)22(35-16(4)28)23(36-18)38-19(24-37-39(29,30)31)11-10-17-8-6-5-7-9-17;/h5-9,18,20-23H,10-12H2,1-4H3,(H,29,30,31);/q;+1/p-1/b24-19-;/t18-,20-,21+,22-,23+;/m1./s1. The van der Waals surface area contributed by atoms with E-state index in [1.807, 2.05) is 12.1 Å². The number of benzene rings is 1. The van der Waals surface area contributed by atoms with E-state index in [0.29, 0.717) is 18.2 Å². The predicted molar refractivity (Wildman–Crippen MR) is 133 cm³/mol. The van der Waals surface area contributed by atoms with Gasteiger partial charge in [-0.3, -0.25) is 23.5 Å². The molecule has 14 nitrogen and oxygen atoms in total. The second kappa shape index (κ2) is 17.4. The molecule has 1 saturated heterocycles. The maximum Gasteiger partial charge on any atom is 1.00 e. The first-order chi connectivity index (χ1) is 18.2. The molecule has 216 valence electrons. The van der Waals surface area contributed by atoms with Crippen LogP contribution in [0.5, 0.6) is 0 Å². The molecule has 1 fully saturated rings. The zero-order chi connectivity index (χ0) is 29.2. The Morgan fingerprint density at radius 3 is 1.98 bits per heavy atom. The fourth-order valence-electron chi connectivity index (χ4n) is 3.53. The van der Waals surface area contributed by atoms with Gasteiger partial charge >= 0.3 is 75.3 Å². The van der Waals surface area contributed by atoms with Crippen LogP contribution in [0.2, 0.25) is 0 Å². The molecule has 5 atom stereocenters. The SMILES string of the molecule is CC(=O)OC[C@H]1O[C@@H](S/C(CCc2ccccc2)=N\OS(=O)(=O)[O-])[C@H](OC(C)=O)[C@@H](OC(C)=O)[C@@H]1OC(C)=O.[K+]. The van der Waals surface area contributed by atoms with Gasteiger partial charge in [-0.1, -0.05) is 47.2 Å². The number of hydrogen-bond acceptors (Lipinski definition) is 15. The molecule has 40 heavy (non-hydrogen) atoms. The average molecular weight is 630 g/mol. The molecule has 1 aliphatic rings. The maximum absolute atomic E-state index is 12.0. The van der Waals surface area contributed by atoms with Crippen LogP contribution in [-0.2, 0) is 64.0 Å². The Labute approximate surface area is 278 Å². The van der Waals surface area contributed by atoms with Crippen molar-refractivity contribution in [3.05, 3.63) is 35.9 Å². The second-order valence-corrected chi connectivity index (χ2v) is 10.3. The summed E-state index contributed by atoms with van der Waals surface area (Å²) in [6.45, 7) is 3.93. The Bertz CT molecular complexity index is 1160. The normalized spacial score (nSPS) is 22.7. The number of carbonyl (C=O) groups is 4. The van der Waals surface area contributed by atoms with Crippen molar-refractivity contribution in [2.75, 3.05) is 6.61 Å². The van der Waals surface area contributed by atoms with Gasteiger partial charge in [0.05, 0.1) is 0 Å². The number of oxime groups is 1. The van der Waals surface area contributed by atoms with E-state index in [1.54, 1.807) is 18.2 Å². The van der Waals surface area contributed by atoms with Gasteiger partial charge in [0.15, 0.2) is 18.3 Å². The van der Waals surface area contributed by atoms with E-state index in [1.165, 1.54) is 0 Å². The number of aryl methyl sites for hydroxylation is 1. The monoisotopic (exact) mass is 629 g/mol. The number of carbonyl (C=O) groups excluding carboxylic acids is 4. The maximum atomic E-state index is 12.0. The first-order valence-electron chi connectivity index (χ1n) is 11.5. The van der Waals surface area contributed by atoms with Crippen molar-refractivity contribution < 1.29 is 112 Å². The van der Waals surface area contributed by atoms with Crippen LogP contribution in [0.3, 0.4) is 0 Å². The molecule has 2 rings (SSSR count). The van der Waals surface area contributed by atoms with Crippen LogP contribution >= 0.6 is 11.8 Å². The molecule has 1 heterocycles. The molecule has 0 amide bonds. The molecule has 1 aliphatic heterocycles. The van der Waals surface area contributed by atoms with Gasteiger partial charge in [-0.25, -0.2) is 0 Å². The Kier molecular flexibility index (Phi) is 15.9. The fourth-order valence-corrected chi connectivity index (χ4v) is 4.87. The van der Waals surface area contributed by atoms with E-state index in [0.717, 1.165) is 33.3 Å². The number of hydrogen-bond donors (Lipinski definition) is 0. The largest absolute Gasteiger partial charge is 1.00 e. The minimum Gasteiger partial charge on any atom is -0.714 e. The van der Waals surface area contributed by atoms with Crippen LogP contribution < -0.4 is 51.4 Å². The third kappa shape index (κ3) is 13.4. The molecule has 1 aromatic carbocycles. The van der Waals surface area contributed by atoms with Crippen LogP contribution in [0.4, 0.5) is 0 Å². The number of nitrogens with zero attached hydrogens (tertiary/aromatic N) is 1. The summed E-state index contributed by atoms with van der Waals surface area (Å²) in [5.41, 5.74) is -0.435. The molecule has 0 aliphatic carbocycles. The van der Waals surface area contributed by atoms with Gasteiger partial charge in [-0.05, 0) is 12.0 Å². The molecule has 17 heteroatoms. The van der Waals surface area contributed by atoms with E-state index in [2.05, 4.69) is 9.44 Å². The quantitative estimate of drug-likeness (QED) is 0.0390. The van der Waals surface area contributed by atoms with Gasteiger partial charge in [0.2, 0.25) is 0 Å². The molecule has 0 saturated carbocycles. The van der Waals surface area contributed by atoms with Gasteiger partial charge in [-0.15, -0.1) is 0 Å². The number of esters is 4.